The summed E-state index contributed by atoms with van der Waals surface area (Å²) in [5.41, 5.74) is 8.68. The number of hydrazone groups is 1. The number of rotatable bonds is 4. The topological polar surface area (TPSA) is 59.6 Å². The number of nitrogens with two attached hydrogens (primary N) is 1. The van der Waals surface area contributed by atoms with E-state index in [1.165, 1.54) is 0 Å². The van der Waals surface area contributed by atoms with Crippen LogP contribution in [0.2, 0.25) is 0 Å². The van der Waals surface area contributed by atoms with Gasteiger partial charge in [-0.2, -0.15) is 5.10 Å². The van der Waals surface area contributed by atoms with Crippen molar-refractivity contribution in [1.82, 2.24) is 5.43 Å². The van der Waals surface area contributed by atoms with Crippen LogP contribution in [0.4, 0.5) is 0 Å². The number of nitrogens with zero attached hydrogens (tertiary/aromatic N) is 1. The van der Waals surface area contributed by atoms with E-state index in [-0.39, 0.29) is 11.7 Å². The Morgan fingerprint density at radius 1 is 1.40 bits per heavy atom. The predicted molar refractivity (Wildman–Crippen MR) is 85.8 cm³/mol. The first-order valence-electron chi connectivity index (χ1n) is 5.89. The van der Waals surface area contributed by atoms with Crippen molar-refractivity contribution in [2.45, 2.75) is 0 Å². The minimum absolute atomic E-state index is 0.104. The van der Waals surface area contributed by atoms with Gasteiger partial charge in [-0.1, -0.05) is 36.3 Å². The summed E-state index contributed by atoms with van der Waals surface area (Å²) in [6.45, 7) is 0.196. The Hall–Kier alpha value is -2.58. The lowest BCUT2D eigenvalue weighted by molar-refractivity contribution is 0.370. The van der Waals surface area contributed by atoms with Crippen LogP contribution in [0.3, 0.4) is 0 Å². The lowest BCUT2D eigenvalue weighted by Gasteiger charge is -2.09. The van der Waals surface area contributed by atoms with Gasteiger partial charge in [-0.05, 0) is 29.1 Å². The highest BCUT2D eigenvalue weighted by Crippen LogP contribution is 2.26. The first kappa shape index (κ1) is 13.8. The minimum Gasteiger partial charge on any atom is -0.480 e. The van der Waals surface area contributed by atoms with E-state index in [2.05, 4.69) is 16.4 Å². The van der Waals surface area contributed by atoms with Crippen LogP contribution in [-0.4, -0.2) is 17.9 Å². The summed E-state index contributed by atoms with van der Waals surface area (Å²) in [5.74, 6) is 3.10. The van der Waals surface area contributed by atoms with Gasteiger partial charge in [0, 0.05) is 5.56 Å². The fourth-order valence-electron chi connectivity index (χ4n) is 1.81. The van der Waals surface area contributed by atoms with Crippen LogP contribution in [0.25, 0.3) is 10.8 Å². The maximum atomic E-state index is 5.53. The van der Waals surface area contributed by atoms with Crippen LogP contribution in [0, 0.1) is 12.3 Å². The number of hydrogen-bond donors (Lipinski definition) is 2. The summed E-state index contributed by atoms with van der Waals surface area (Å²) in [4.78, 5) is 0. The molecule has 4 nitrogen and oxygen atoms in total. The minimum atomic E-state index is 0.104. The van der Waals surface area contributed by atoms with Crippen molar-refractivity contribution in [1.29, 1.82) is 0 Å². The lowest BCUT2D eigenvalue weighted by atomic mass is 10.0. The molecule has 0 bridgehead atoms. The molecule has 5 heteroatoms. The number of nitrogens with one attached hydrogen (secondary N) is 1. The van der Waals surface area contributed by atoms with Crippen molar-refractivity contribution in [3.05, 3.63) is 42.0 Å². The molecule has 2 aromatic rings. The predicted octanol–water partition coefficient (Wildman–Crippen LogP) is 2.02. The Morgan fingerprint density at radius 3 is 2.95 bits per heavy atom. The van der Waals surface area contributed by atoms with E-state index in [0.29, 0.717) is 5.75 Å². The molecule has 0 radical (unpaired) electrons. The lowest BCUT2D eigenvalue weighted by Crippen LogP contribution is -2.24. The third kappa shape index (κ3) is 3.25. The van der Waals surface area contributed by atoms with Gasteiger partial charge in [0.15, 0.2) is 5.11 Å². The zero-order valence-electron chi connectivity index (χ0n) is 10.7. The SMILES string of the molecule is C#CCOc1ccc2ccccc2c1/C=N\NC(N)=S. The van der Waals surface area contributed by atoms with Gasteiger partial charge >= 0.3 is 0 Å². The van der Waals surface area contributed by atoms with E-state index in [1.54, 1.807) is 6.21 Å². The molecule has 0 saturated carbocycles. The molecule has 2 aromatic carbocycles. The van der Waals surface area contributed by atoms with Crippen molar-refractivity contribution < 1.29 is 4.74 Å². The Labute approximate surface area is 122 Å². The van der Waals surface area contributed by atoms with E-state index in [1.807, 2.05) is 36.4 Å². The van der Waals surface area contributed by atoms with Crippen molar-refractivity contribution in [3.8, 4) is 18.1 Å². The highest BCUT2D eigenvalue weighted by molar-refractivity contribution is 7.80. The average Bonchev–Trinajstić information content (AvgIpc) is 2.45. The van der Waals surface area contributed by atoms with Gasteiger partial charge in [0.25, 0.3) is 0 Å². The van der Waals surface area contributed by atoms with E-state index < -0.39 is 0 Å². The molecule has 0 spiro atoms. The molecule has 0 aliphatic rings. The summed E-state index contributed by atoms with van der Waals surface area (Å²) in [5, 5.41) is 6.18. The second-order valence-corrected chi connectivity index (χ2v) is 4.37. The maximum absolute atomic E-state index is 5.53. The molecule has 0 aromatic heterocycles. The summed E-state index contributed by atoms with van der Waals surface area (Å²) < 4.78 is 5.53. The molecule has 3 N–H and O–H groups in total. The van der Waals surface area contributed by atoms with Crippen LogP contribution in [0.1, 0.15) is 5.56 Å². The summed E-state index contributed by atoms with van der Waals surface area (Å²) >= 11 is 4.70. The molecule has 0 aliphatic carbocycles. The monoisotopic (exact) mass is 283 g/mol. The number of hydrogen-bond acceptors (Lipinski definition) is 3. The van der Waals surface area contributed by atoms with Crippen LogP contribution in [0.5, 0.6) is 5.75 Å². The zero-order valence-corrected chi connectivity index (χ0v) is 11.5. The third-order valence-electron chi connectivity index (χ3n) is 2.61. The molecule has 20 heavy (non-hydrogen) atoms. The van der Waals surface area contributed by atoms with Gasteiger partial charge in [0.2, 0.25) is 0 Å². The first-order chi connectivity index (χ1) is 9.72. The van der Waals surface area contributed by atoms with Crippen molar-refractivity contribution >= 4 is 34.3 Å². The van der Waals surface area contributed by atoms with E-state index in [9.17, 15) is 0 Å². The molecular weight excluding hydrogens is 270 g/mol. The van der Waals surface area contributed by atoms with Crippen LogP contribution >= 0.6 is 12.2 Å². The molecule has 0 saturated heterocycles. The van der Waals surface area contributed by atoms with Crippen LogP contribution < -0.4 is 15.9 Å². The average molecular weight is 283 g/mol. The Balaban J connectivity index is 2.47. The number of terminal acetylenes is 1. The van der Waals surface area contributed by atoms with Gasteiger partial charge in [0.05, 0.1) is 6.21 Å². The Kier molecular flexibility index (Phi) is 4.53. The summed E-state index contributed by atoms with van der Waals surface area (Å²) in [6.07, 6.45) is 6.84. The highest BCUT2D eigenvalue weighted by Gasteiger charge is 2.06. The van der Waals surface area contributed by atoms with Crippen molar-refractivity contribution in [2.24, 2.45) is 10.8 Å². The Bertz CT molecular complexity index is 704. The van der Waals surface area contributed by atoms with Crippen LogP contribution in [-0.2, 0) is 0 Å². The molecule has 2 rings (SSSR count). The largest absolute Gasteiger partial charge is 0.480 e. The standard InChI is InChI=1S/C15H13N3OS/c1-2-9-19-14-8-7-11-5-3-4-6-12(11)13(14)10-17-18-15(16)20/h1,3-8,10H,9H2,(H3,16,18,20)/b17-10-. The number of benzene rings is 2. The van der Waals surface area contributed by atoms with E-state index in [4.69, 9.17) is 29.1 Å². The molecule has 0 unspecified atom stereocenters. The van der Waals surface area contributed by atoms with Gasteiger partial charge in [-0.3, -0.25) is 5.43 Å². The van der Waals surface area contributed by atoms with Crippen LogP contribution in [0.15, 0.2) is 41.5 Å². The van der Waals surface area contributed by atoms with E-state index in [0.717, 1.165) is 16.3 Å². The third-order valence-corrected chi connectivity index (χ3v) is 2.70. The molecule has 0 fully saturated rings. The molecule has 100 valence electrons. The first-order valence-corrected chi connectivity index (χ1v) is 6.29. The second-order valence-electron chi connectivity index (χ2n) is 3.93. The maximum Gasteiger partial charge on any atom is 0.184 e. The van der Waals surface area contributed by atoms with Gasteiger partial charge in [-0.15, -0.1) is 6.42 Å². The Morgan fingerprint density at radius 2 is 2.20 bits per heavy atom. The number of thiocarbonyl (C=S) groups is 1. The molecule has 0 atom stereocenters. The van der Waals surface area contributed by atoms with Gasteiger partial charge in [0.1, 0.15) is 12.4 Å². The molecule has 0 amide bonds. The summed E-state index contributed by atoms with van der Waals surface area (Å²) in [7, 11) is 0. The smallest absolute Gasteiger partial charge is 0.184 e. The highest BCUT2D eigenvalue weighted by atomic mass is 32.1. The van der Waals surface area contributed by atoms with Crippen molar-refractivity contribution in [3.63, 3.8) is 0 Å². The summed E-state index contributed by atoms with van der Waals surface area (Å²) in [6, 6.07) is 11.8. The fourth-order valence-corrected chi connectivity index (χ4v) is 1.87. The van der Waals surface area contributed by atoms with Crippen molar-refractivity contribution in [2.75, 3.05) is 6.61 Å². The van der Waals surface area contributed by atoms with Gasteiger partial charge < -0.3 is 10.5 Å². The normalized spacial score (nSPS) is 10.3. The zero-order chi connectivity index (χ0) is 14.4. The number of ether oxygens (including phenoxy) is 1. The van der Waals surface area contributed by atoms with Gasteiger partial charge in [-0.25, -0.2) is 0 Å². The molecule has 0 aliphatic heterocycles. The molecular formula is C15H13N3OS. The quantitative estimate of drug-likeness (QED) is 0.390. The second kappa shape index (κ2) is 6.55. The number of fused-ring (bicyclic) bond motifs is 1. The van der Waals surface area contributed by atoms with E-state index >= 15 is 0 Å². The fraction of sp³-hybridized carbons (Fsp3) is 0.0667. The molecule has 0 heterocycles.